The lowest BCUT2D eigenvalue weighted by molar-refractivity contribution is -0.274. The van der Waals surface area contributed by atoms with Gasteiger partial charge in [0, 0.05) is 13.1 Å². The van der Waals surface area contributed by atoms with E-state index in [1.165, 1.54) is 0 Å². The van der Waals surface area contributed by atoms with Gasteiger partial charge in [0.15, 0.2) is 0 Å². The van der Waals surface area contributed by atoms with E-state index in [0.717, 1.165) is 6.42 Å². The molecule has 0 aliphatic heterocycles. The number of alkyl halides is 6. The Kier molecular flexibility index (Phi) is 6.44. The summed E-state index contributed by atoms with van der Waals surface area (Å²) in [5.41, 5.74) is 0. The highest BCUT2D eigenvalue weighted by Crippen LogP contribution is 2.39. The topological polar surface area (TPSA) is 41.1 Å². The van der Waals surface area contributed by atoms with Gasteiger partial charge in [0.2, 0.25) is 11.8 Å². The predicted octanol–water partition coefficient (Wildman–Crippen LogP) is 1.84. The molecular weight excluding hydrogens is 266 g/mol. The summed E-state index contributed by atoms with van der Waals surface area (Å²) >= 11 is 0. The minimum absolute atomic E-state index is 0.113. The quantitative estimate of drug-likeness (QED) is 0.576. The van der Waals surface area contributed by atoms with Gasteiger partial charge in [-0.25, -0.2) is 0 Å². The fourth-order valence-electron chi connectivity index (χ4n) is 1.16. The largest absolute Gasteiger partial charge is 0.409 e. The van der Waals surface area contributed by atoms with Gasteiger partial charge in [-0.15, -0.1) is 0 Å². The van der Waals surface area contributed by atoms with E-state index < -0.39 is 24.2 Å². The van der Waals surface area contributed by atoms with E-state index in [1.807, 2.05) is 6.92 Å². The molecule has 0 saturated heterocycles. The summed E-state index contributed by atoms with van der Waals surface area (Å²) in [4.78, 5) is 10.9. The maximum absolute atomic E-state index is 12.1. The smallest absolute Gasteiger partial charge is 0.354 e. The monoisotopic (exact) mass is 280 g/mol. The molecule has 0 bridgehead atoms. The van der Waals surface area contributed by atoms with Gasteiger partial charge < -0.3 is 10.6 Å². The Morgan fingerprint density at radius 2 is 1.50 bits per heavy atom. The van der Waals surface area contributed by atoms with Crippen molar-refractivity contribution in [2.75, 3.05) is 19.6 Å². The van der Waals surface area contributed by atoms with Crippen LogP contribution in [0.5, 0.6) is 0 Å². The predicted molar refractivity (Wildman–Crippen MR) is 51.8 cm³/mol. The average molecular weight is 280 g/mol. The van der Waals surface area contributed by atoms with E-state index in [4.69, 9.17) is 0 Å². The van der Waals surface area contributed by atoms with Crippen LogP contribution < -0.4 is 10.6 Å². The first kappa shape index (κ1) is 17.0. The number of rotatable bonds is 6. The van der Waals surface area contributed by atoms with Crippen LogP contribution in [0.25, 0.3) is 0 Å². The first-order valence-electron chi connectivity index (χ1n) is 5.22. The minimum atomic E-state index is -5.64. The van der Waals surface area contributed by atoms with E-state index >= 15 is 0 Å². The zero-order chi connectivity index (χ0) is 14.4. The van der Waals surface area contributed by atoms with Gasteiger partial charge in [-0.1, -0.05) is 6.92 Å². The van der Waals surface area contributed by atoms with Gasteiger partial charge in [0.1, 0.15) is 0 Å². The van der Waals surface area contributed by atoms with Crippen LogP contribution in [0.3, 0.4) is 0 Å². The molecule has 3 nitrogen and oxygen atoms in total. The fourth-order valence-corrected chi connectivity index (χ4v) is 1.16. The highest BCUT2D eigenvalue weighted by molar-refractivity contribution is 5.80. The molecule has 0 aromatic heterocycles. The Hall–Kier alpha value is -0.990. The lowest BCUT2D eigenvalue weighted by Crippen LogP contribution is -2.49. The number of carbonyl (C=O) groups excluding carboxylic acids is 1. The SMILES string of the molecule is CCCNCCNC(=O)C(C(F)(F)F)C(F)(F)F. The van der Waals surface area contributed by atoms with Crippen molar-refractivity contribution >= 4 is 5.91 Å². The van der Waals surface area contributed by atoms with Crippen molar-refractivity contribution in [3.05, 3.63) is 0 Å². The van der Waals surface area contributed by atoms with Crippen molar-refractivity contribution in [3.63, 3.8) is 0 Å². The average Bonchev–Trinajstić information content (AvgIpc) is 2.12. The molecule has 0 aromatic carbocycles. The van der Waals surface area contributed by atoms with Crippen molar-refractivity contribution in [3.8, 4) is 0 Å². The van der Waals surface area contributed by atoms with Crippen LogP contribution in [0.2, 0.25) is 0 Å². The zero-order valence-electron chi connectivity index (χ0n) is 9.58. The molecule has 0 saturated carbocycles. The van der Waals surface area contributed by atoms with Crippen LogP contribution in [-0.2, 0) is 4.79 Å². The third-order valence-electron chi connectivity index (χ3n) is 1.94. The fraction of sp³-hybridized carbons (Fsp3) is 0.889. The molecule has 9 heteroatoms. The number of carbonyl (C=O) groups is 1. The summed E-state index contributed by atoms with van der Waals surface area (Å²) in [7, 11) is 0. The Bertz CT molecular complexity index is 249. The Labute approximate surface area is 99.9 Å². The molecule has 0 atom stereocenters. The maximum Gasteiger partial charge on any atom is 0.409 e. The summed E-state index contributed by atoms with van der Waals surface area (Å²) in [6, 6.07) is 0. The molecule has 108 valence electrons. The highest BCUT2D eigenvalue weighted by atomic mass is 19.4. The van der Waals surface area contributed by atoms with E-state index in [-0.39, 0.29) is 13.1 Å². The van der Waals surface area contributed by atoms with Gasteiger partial charge in [-0.2, -0.15) is 26.3 Å². The Morgan fingerprint density at radius 3 is 1.89 bits per heavy atom. The summed E-state index contributed by atoms with van der Waals surface area (Å²) < 4.78 is 72.6. The molecule has 1 amide bonds. The van der Waals surface area contributed by atoms with Gasteiger partial charge in [-0.3, -0.25) is 4.79 Å². The van der Waals surface area contributed by atoms with Crippen molar-refractivity contribution in [2.45, 2.75) is 25.7 Å². The molecule has 0 rings (SSSR count). The maximum atomic E-state index is 12.1. The molecule has 0 aliphatic rings. The molecular formula is C9H14F6N2O. The van der Waals surface area contributed by atoms with Gasteiger partial charge in [-0.05, 0) is 13.0 Å². The van der Waals surface area contributed by atoms with Crippen LogP contribution in [0.4, 0.5) is 26.3 Å². The van der Waals surface area contributed by atoms with Crippen LogP contribution in [0.1, 0.15) is 13.3 Å². The van der Waals surface area contributed by atoms with E-state index in [0.29, 0.717) is 6.54 Å². The van der Waals surface area contributed by atoms with E-state index in [2.05, 4.69) is 5.32 Å². The normalized spacial score (nSPS) is 12.9. The molecule has 0 unspecified atom stereocenters. The first-order valence-corrected chi connectivity index (χ1v) is 5.22. The van der Waals surface area contributed by atoms with Gasteiger partial charge in [0.25, 0.3) is 0 Å². The van der Waals surface area contributed by atoms with Crippen LogP contribution in [0.15, 0.2) is 0 Å². The second kappa shape index (κ2) is 6.81. The molecule has 0 aromatic rings. The van der Waals surface area contributed by atoms with E-state index in [9.17, 15) is 31.1 Å². The molecule has 0 radical (unpaired) electrons. The Balaban J connectivity index is 4.34. The summed E-state index contributed by atoms with van der Waals surface area (Å²) in [5, 5.41) is 4.34. The second-order valence-electron chi connectivity index (χ2n) is 3.56. The molecule has 0 fully saturated rings. The number of halogens is 6. The molecule has 18 heavy (non-hydrogen) atoms. The van der Waals surface area contributed by atoms with Gasteiger partial charge in [0.05, 0.1) is 0 Å². The third-order valence-corrected chi connectivity index (χ3v) is 1.94. The number of hydrogen-bond acceptors (Lipinski definition) is 2. The summed E-state index contributed by atoms with van der Waals surface area (Å²) in [6.07, 6.45) is -10.5. The zero-order valence-corrected chi connectivity index (χ0v) is 9.58. The summed E-state index contributed by atoms with van der Waals surface area (Å²) in [6.45, 7) is 2.23. The van der Waals surface area contributed by atoms with Crippen molar-refractivity contribution in [1.82, 2.24) is 10.6 Å². The molecule has 0 aliphatic carbocycles. The van der Waals surface area contributed by atoms with Crippen LogP contribution >= 0.6 is 0 Å². The lowest BCUT2D eigenvalue weighted by atomic mass is 10.1. The molecule has 0 spiro atoms. The number of amides is 1. The lowest BCUT2D eigenvalue weighted by Gasteiger charge is -2.22. The number of hydrogen-bond donors (Lipinski definition) is 2. The minimum Gasteiger partial charge on any atom is -0.354 e. The number of nitrogens with one attached hydrogen (secondary N) is 2. The first-order chi connectivity index (χ1) is 8.10. The van der Waals surface area contributed by atoms with Crippen LogP contribution in [-0.4, -0.2) is 37.9 Å². The van der Waals surface area contributed by atoms with Crippen molar-refractivity contribution < 1.29 is 31.1 Å². The molecule has 2 N–H and O–H groups in total. The second-order valence-corrected chi connectivity index (χ2v) is 3.56. The van der Waals surface area contributed by atoms with Crippen molar-refractivity contribution in [1.29, 1.82) is 0 Å². The standard InChI is InChI=1S/C9H14F6N2O/c1-2-3-16-4-5-17-7(18)6(8(10,11)12)9(13,14)15/h6,16H,2-5H2,1H3,(H,17,18). The van der Waals surface area contributed by atoms with Gasteiger partial charge >= 0.3 is 12.4 Å². The Morgan fingerprint density at radius 1 is 1.00 bits per heavy atom. The van der Waals surface area contributed by atoms with E-state index in [1.54, 1.807) is 5.32 Å². The highest BCUT2D eigenvalue weighted by Gasteiger charge is 2.60. The van der Waals surface area contributed by atoms with Crippen molar-refractivity contribution in [2.24, 2.45) is 5.92 Å². The third kappa shape index (κ3) is 6.08. The van der Waals surface area contributed by atoms with Crippen LogP contribution in [0, 0.1) is 5.92 Å². The molecule has 0 heterocycles. The summed E-state index contributed by atoms with van der Waals surface area (Å²) in [5.74, 6) is -6.05.